The van der Waals surface area contributed by atoms with Crippen LogP contribution >= 0.6 is 0 Å². The van der Waals surface area contributed by atoms with Crippen LogP contribution in [0.3, 0.4) is 0 Å². The smallest absolute Gasteiger partial charge is 0.303 e. The standard InChI is InChI=1S/C13H23NO2/c1-10(12-4-2-3-5-12)14-7-6-11(9-14)8-13(15)16/h10-12H,2-9H2,1H3,(H,15,16). The molecule has 3 nitrogen and oxygen atoms in total. The third-order valence-electron chi connectivity index (χ3n) is 4.44. The Balaban J connectivity index is 1.80. The van der Waals surface area contributed by atoms with Crippen LogP contribution in [-0.4, -0.2) is 35.1 Å². The molecule has 92 valence electrons. The van der Waals surface area contributed by atoms with Gasteiger partial charge in [-0.25, -0.2) is 0 Å². The monoisotopic (exact) mass is 225 g/mol. The third kappa shape index (κ3) is 2.76. The van der Waals surface area contributed by atoms with E-state index < -0.39 is 5.97 Å². The van der Waals surface area contributed by atoms with Gasteiger partial charge in [-0.3, -0.25) is 4.79 Å². The Morgan fingerprint density at radius 1 is 1.38 bits per heavy atom. The topological polar surface area (TPSA) is 40.5 Å². The van der Waals surface area contributed by atoms with E-state index in [1.165, 1.54) is 25.7 Å². The number of rotatable bonds is 4. The molecule has 1 saturated heterocycles. The zero-order valence-corrected chi connectivity index (χ0v) is 10.2. The van der Waals surface area contributed by atoms with Gasteiger partial charge >= 0.3 is 5.97 Å². The van der Waals surface area contributed by atoms with Crippen molar-refractivity contribution < 1.29 is 9.90 Å². The fourth-order valence-electron chi connectivity index (χ4n) is 3.38. The molecule has 0 amide bonds. The van der Waals surface area contributed by atoms with Gasteiger partial charge in [0.15, 0.2) is 0 Å². The van der Waals surface area contributed by atoms with Crippen LogP contribution in [0.15, 0.2) is 0 Å². The highest BCUT2D eigenvalue weighted by atomic mass is 16.4. The molecule has 2 rings (SSSR count). The highest BCUT2D eigenvalue weighted by molar-refractivity contribution is 5.67. The molecule has 0 aromatic rings. The predicted molar refractivity (Wildman–Crippen MR) is 63.4 cm³/mol. The van der Waals surface area contributed by atoms with Gasteiger partial charge in [-0.2, -0.15) is 0 Å². The van der Waals surface area contributed by atoms with E-state index in [0.29, 0.717) is 18.4 Å². The van der Waals surface area contributed by atoms with Gasteiger partial charge in [-0.15, -0.1) is 0 Å². The average molecular weight is 225 g/mol. The Hall–Kier alpha value is -0.570. The summed E-state index contributed by atoms with van der Waals surface area (Å²) in [6.45, 7) is 4.44. The van der Waals surface area contributed by atoms with Crippen molar-refractivity contribution in [3.8, 4) is 0 Å². The average Bonchev–Trinajstić information content (AvgIpc) is 2.84. The number of carboxylic acids is 1. The first-order chi connectivity index (χ1) is 7.66. The van der Waals surface area contributed by atoms with E-state index in [9.17, 15) is 4.79 Å². The largest absolute Gasteiger partial charge is 0.481 e. The minimum atomic E-state index is -0.639. The van der Waals surface area contributed by atoms with E-state index in [0.717, 1.165) is 25.4 Å². The summed E-state index contributed by atoms with van der Waals surface area (Å²) in [6, 6.07) is 0.668. The highest BCUT2D eigenvalue weighted by Gasteiger charge is 2.32. The van der Waals surface area contributed by atoms with E-state index >= 15 is 0 Å². The number of nitrogens with zero attached hydrogens (tertiary/aromatic N) is 1. The molecule has 1 heterocycles. The second-order valence-corrected chi connectivity index (χ2v) is 5.53. The summed E-state index contributed by atoms with van der Waals surface area (Å²) in [5.74, 6) is 0.616. The van der Waals surface area contributed by atoms with Gasteiger partial charge in [-0.1, -0.05) is 12.8 Å². The molecule has 0 spiro atoms. The quantitative estimate of drug-likeness (QED) is 0.798. The van der Waals surface area contributed by atoms with Gasteiger partial charge in [0.05, 0.1) is 0 Å². The fourth-order valence-corrected chi connectivity index (χ4v) is 3.38. The van der Waals surface area contributed by atoms with Crippen LogP contribution in [0.5, 0.6) is 0 Å². The van der Waals surface area contributed by atoms with Crippen LogP contribution in [0.1, 0.15) is 45.4 Å². The lowest BCUT2D eigenvalue weighted by atomic mass is 9.98. The minimum Gasteiger partial charge on any atom is -0.481 e. The summed E-state index contributed by atoms with van der Waals surface area (Å²) in [4.78, 5) is 13.2. The number of carbonyl (C=O) groups is 1. The van der Waals surface area contributed by atoms with Crippen molar-refractivity contribution in [1.82, 2.24) is 4.90 Å². The number of aliphatic carboxylic acids is 1. The van der Waals surface area contributed by atoms with Gasteiger partial charge in [0.25, 0.3) is 0 Å². The Morgan fingerprint density at radius 2 is 2.06 bits per heavy atom. The maximum atomic E-state index is 10.7. The molecule has 0 radical (unpaired) electrons. The number of carboxylic acid groups (broad SMARTS) is 1. The highest BCUT2D eigenvalue weighted by Crippen LogP contribution is 2.32. The van der Waals surface area contributed by atoms with Gasteiger partial charge in [0.1, 0.15) is 0 Å². The summed E-state index contributed by atoms with van der Waals surface area (Å²) in [5, 5.41) is 8.79. The Morgan fingerprint density at radius 3 is 2.69 bits per heavy atom. The van der Waals surface area contributed by atoms with Gasteiger partial charge < -0.3 is 10.0 Å². The molecule has 2 unspecified atom stereocenters. The molecule has 1 aliphatic heterocycles. The lowest BCUT2D eigenvalue weighted by molar-refractivity contribution is -0.138. The van der Waals surface area contributed by atoms with Crippen LogP contribution in [0, 0.1) is 11.8 Å². The van der Waals surface area contributed by atoms with Crippen LogP contribution in [0.25, 0.3) is 0 Å². The van der Waals surface area contributed by atoms with Gasteiger partial charge in [0, 0.05) is 19.0 Å². The second-order valence-electron chi connectivity index (χ2n) is 5.53. The van der Waals surface area contributed by atoms with E-state index in [2.05, 4.69) is 11.8 Å². The van der Waals surface area contributed by atoms with E-state index in [1.807, 2.05) is 0 Å². The third-order valence-corrected chi connectivity index (χ3v) is 4.44. The number of likely N-dealkylation sites (tertiary alicyclic amines) is 1. The van der Waals surface area contributed by atoms with Crippen molar-refractivity contribution in [2.75, 3.05) is 13.1 Å². The predicted octanol–water partition coefficient (Wildman–Crippen LogP) is 2.36. The molecule has 2 fully saturated rings. The molecule has 2 atom stereocenters. The molecule has 0 bridgehead atoms. The zero-order chi connectivity index (χ0) is 11.5. The van der Waals surface area contributed by atoms with E-state index in [4.69, 9.17) is 5.11 Å². The van der Waals surface area contributed by atoms with Crippen molar-refractivity contribution in [2.45, 2.75) is 51.5 Å². The molecular weight excluding hydrogens is 202 g/mol. The molecule has 2 aliphatic rings. The first-order valence-electron chi connectivity index (χ1n) is 6.62. The van der Waals surface area contributed by atoms with Crippen molar-refractivity contribution in [2.24, 2.45) is 11.8 Å². The van der Waals surface area contributed by atoms with Crippen molar-refractivity contribution in [3.05, 3.63) is 0 Å². The number of hydrogen-bond acceptors (Lipinski definition) is 2. The fraction of sp³-hybridized carbons (Fsp3) is 0.923. The second kappa shape index (κ2) is 5.17. The maximum Gasteiger partial charge on any atom is 0.303 e. The Bertz CT molecular complexity index is 248. The molecular formula is C13H23NO2. The van der Waals surface area contributed by atoms with Gasteiger partial charge in [0.2, 0.25) is 0 Å². The molecule has 1 N–H and O–H groups in total. The van der Waals surface area contributed by atoms with Crippen LogP contribution < -0.4 is 0 Å². The zero-order valence-electron chi connectivity index (χ0n) is 10.2. The maximum absolute atomic E-state index is 10.7. The molecule has 0 aromatic carbocycles. The lowest BCUT2D eigenvalue weighted by Gasteiger charge is -2.29. The molecule has 16 heavy (non-hydrogen) atoms. The van der Waals surface area contributed by atoms with Gasteiger partial charge in [-0.05, 0) is 44.6 Å². The minimum absolute atomic E-state index is 0.355. The number of hydrogen-bond donors (Lipinski definition) is 1. The first-order valence-corrected chi connectivity index (χ1v) is 6.62. The van der Waals surface area contributed by atoms with Crippen LogP contribution in [0.4, 0.5) is 0 Å². The Labute approximate surface area is 97.8 Å². The summed E-state index contributed by atoms with van der Waals surface area (Å²) >= 11 is 0. The van der Waals surface area contributed by atoms with Crippen LogP contribution in [-0.2, 0) is 4.79 Å². The normalized spacial score (nSPS) is 29.7. The molecule has 3 heteroatoms. The summed E-state index contributed by atoms with van der Waals surface area (Å²) < 4.78 is 0. The lowest BCUT2D eigenvalue weighted by Crippen LogP contribution is -2.36. The van der Waals surface area contributed by atoms with E-state index in [-0.39, 0.29) is 0 Å². The Kier molecular flexibility index (Phi) is 3.85. The van der Waals surface area contributed by atoms with E-state index in [1.54, 1.807) is 0 Å². The summed E-state index contributed by atoms with van der Waals surface area (Å²) in [5.41, 5.74) is 0. The van der Waals surface area contributed by atoms with Crippen molar-refractivity contribution in [3.63, 3.8) is 0 Å². The van der Waals surface area contributed by atoms with Crippen molar-refractivity contribution >= 4 is 5.97 Å². The molecule has 1 saturated carbocycles. The first kappa shape index (κ1) is 11.9. The molecule has 0 aromatic heterocycles. The van der Waals surface area contributed by atoms with Crippen molar-refractivity contribution in [1.29, 1.82) is 0 Å². The summed E-state index contributed by atoms with van der Waals surface area (Å²) in [6.07, 6.45) is 6.96. The summed E-state index contributed by atoms with van der Waals surface area (Å²) in [7, 11) is 0. The van der Waals surface area contributed by atoms with Crippen LogP contribution in [0.2, 0.25) is 0 Å². The SMILES string of the molecule is CC(C1CCCC1)N1CCC(CC(=O)O)C1. The molecule has 1 aliphatic carbocycles.